The summed E-state index contributed by atoms with van der Waals surface area (Å²) in [5.41, 5.74) is 1.97. The monoisotopic (exact) mass is 521 g/mol. The summed E-state index contributed by atoms with van der Waals surface area (Å²) in [7, 11) is 0. The van der Waals surface area contributed by atoms with Gasteiger partial charge in [-0.25, -0.2) is 4.39 Å². The highest BCUT2D eigenvalue weighted by Gasteiger charge is 2.35. The molecule has 2 amide bonds. The first-order valence-corrected chi connectivity index (χ1v) is 11.6. The molecule has 1 saturated heterocycles. The zero-order valence-electron chi connectivity index (χ0n) is 16.9. The normalized spacial score (nSPS) is 14.9. The van der Waals surface area contributed by atoms with Crippen LogP contribution in [0.25, 0.3) is 6.08 Å². The van der Waals surface area contributed by atoms with Crippen molar-refractivity contribution < 1.29 is 18.7 Å². The molecule has 4 rings (SSSR count). The van der Waals surface area contributed by atoms with Crippen molar-refractivity contribution >= 4 is 63.8 Å². The molecule has 0 radical (unpaired) electrons. The number of ether oxygens (including phenoxy) is 1. The zero-order valence-corrected chi connectivity index (χ0v) is 19.9. The van der Waals surface area contributed by atoms with E-state index in [2.05, 4.69) is 0 Å². The first-order chi connectivity index (χ1) is 15.8. The van der Waals surface area contributed by atoms with Crippen molar-refractivity contribution in [1.29, 1.82) is 0 Å². The summed E-state index contributed by atoms with van der Waals surface area (Å²) in [6.45, 7) is 0.235. The molecular formula is C24H15Cl3FNO3S. The molecule has 0 N–H and O–H groups in total. The molecule has 1 heterocycles. The van der Waals surface area contributed by atoms with Crippen LogP contribution in [0.2, 0.25) is 15.1 Å². The lowest BCUT2D eigenvalue weighted by molar-refractivity contribution is -0.123. The predicted octanol–water partition coefficient (Wildman–Crippen LogP) is 7.60. The van der Waals surface area contributed by atoms with Gasteiger partial charge in [0.2, 0.25) is 0 Å². The van der Waals surface area contributed by atoms with Crippen molar-refractivity contribution in [2.75, 3.05) is 0 Å². The van der Waals surface area contributed by atoms with Gasteiger partial charge < -0.3 is 4.74 Å². The van der Waals surface area contributed by atoms with Gasteiger partial charge in [-0.05, 0) is 58.8 Å². The van der Waals surface area contributed by atoms with Crippen LogP contribution >= 0.6 is 46.6 Å². The van der Waals surface area contributed by atoms with E-state index in [1.165, 1.54) is 18.2 Å². The first kappa shape index (κ1) is 23.6. The molecule has 1 aliphatic rings. The average molecular weight is 523 g/mol. The second kappa shape index (κ2) is 10.2. The van der Waals surface area contributed by atoms with Gasteiger partial charge in [0.15, 0.2) is 5.75 Å². The van der Waals surface area contributed by atoms with Crippen LogP contribution in [-0.4, -0.2) is 16.0 Å². The number of carbonyl (C=O) groups excluding carboxylic acids is 2. The SMILES string of the molecule is O=C1S/C(=C\c2cc(Cl)c(OCc3ccccc3)c(Cl)c2)C(=O)N1Cc1ccc(F)cc1Cl. The van der Waals surface area contributed by atoms with E-state index < -0.39 is 17.0 Å². The van der Waals surface area contributed by atoms with Gasteiger partial charge in [-0.1, -0.05) is 71.2 Å². The Kier molecular flexibility index (Phi) is 7.29. The second-order valence-electron chi connectivity index (χ2n) is 7.09. The van der Waals surface area contributed by atoms with E-state index in [0.29, 0.717) is 23.5 Å². The van der Waals surface area contributed by atoms with E-state index in [1.54, 1.807) is 12.1 Å². The zero-order chi connectivity index (χ0) is 23.5. The number of imide groups is 1. The highest BCUT2D eigenvalue weighted by Crippen LogP contribution is 2.38. The van der Waals surface area contributed by atoms with Crippen molar-refractivity contribution in [2.24, 2.45) is 0 Å². The molecule has 9 heteroatoms. The van der Waals surface area contributed by atoms with Crippen molar-refractivity contribution in [3.8, 4) is 5.75 Å². The van der Waals surface area contributed by atoms with Gasteiger partial charge in [0.25, 0.3) is 11.1 Å². The highest BCUT2D eigenvalue weighted by molar-refractivity contribution is 8.18. The molecule has 168 valence electrons. The fraction of sp³-hybridized carbons (Fsp3) is 0.0833. The van der Waals surface area contributed by atoms with Gasteiger partial charge in [0.1, 0.15) is 12.4 Å². The standard InChI is InChI=1S/C24H15Cl3FNO3S/c25-18-11-17(28)7-6-16(18)12-29-23(30)21(33-24(29)31)10-15-8-19(26)22(20(27)9-15)32-13-14-4-2-1-3-5-14/h1-11H,12-13H2/b21-10-. The van der Waals surface area contributed by atoms with Crippen LogP contribution in [0.5, 0.6) is 5.75 Å². The molecule has 0 bridgehead atoms. The molecule has 0 aliphatic carbocycles. The van der Waals surface area contributed by atoms with Gasteiger partial charge in [0, 0.05) is 5.02 Å². The van der Waals surface area contributed by atoms with Gasteiger partial charge in [-0.15, -0.1) is 0 Å². The molecule has 3 aromatic carbocycles. The number of amides is 2. The van der Waals surface area contributed by atoms with Gasteiger partial charge in [0.05, 0.1) is 21.5 Å². The number of carbonyl (C=O) groups is 2. The number of hydrogen-bond acceptors (Lipinski definition) is 4. The van der Waals surface area contributed by atoms with E-state index in [0.717, 1.165) is 28.3 Å². The summed E-state index contributed by atoms with van der Waals surface area (Å²) in [6, 6.07) is 16.6. The Hall–Kier alpha value is -2.51. The molecule has 33 heavy (non-hydrogen) atoms. The fourth-order valence-electron chi connectivity index (χ4n) is 3.14. The summed E-state index contributed by atoms with van der Waals surface area (Å²) in [4.78, 5) is 26.5. The fourth-order valence-corrected chi connectivity index (χ4v) is 4.82. The smallest absolute Gasteiger partial charge is 0.293 e. The van der Waals surface area contributed by atoms with Crippen LogP contribution in [0.1, 0.15) is 16.7 Å². The van der Waals surface area contributed by atoms with E-state index in [1.807, 2.05) is 30.3 Å². The topological polar surface area (TPSA) is 46.6 Å². The maximum Gasteiger partial charge on any atom is 0.293 e. The summed E-state index contributed by atoms with van der Waals surface area (Å²) in [5, 5.41) is 0.248. The summed E-state index contributed by atoms with van der Waals surface area (Å²) in [6.07, 6.45) is 1.54. The van der Waals surface area contributed by atoms with Gasteiger partial charge in [-0.3, -0.25) is 14.5 Å². The number of nitrogens with zero attached hydrogens (tertiary/aromatic N) is 1. The molecule has 0 spiro atoms. The number of rotatable bonds is 6. The molecule has 0 saturated carbocycles. The van der Waals surface area contributed by atoms with Crippen LogP contribution in [-0.2, 0) is 17.9 Å². The highest BCUT2D eigenvalue weighted by atomic mass is 35.5. The van der Waals surface area contributed by atoms with Crippen LogP contribution < -0.4 is 4.74 Å². The Balaban J connectivity index is 1.51. The third kappa shape index (κ3) is 5.53. The molecule has 1 aliphatic heterocycles. The number of thioether (sulfide) groups is 1. The van der Waals surface area contributed by atoms with Gasteiger partial charge in [-0.2, -0.15) is 0 Å². The number of halogens is 4. The molecular weight excluding hydrogens is 508 g/mol. The Bertz CT molecular complexity index is 1240. The third-order valence-electron chi connectivity index (χ3n) is 4.76. The number of benzene rings is 3. The van der Waals surface area contributed by atoms with Crippen molar-refractivity contribution in [3.63, 3.8) is 0 Å². The Morgan fingerprint density at radius 1 is 0.939 bits per heavy atom. The van der Waals surface area contributed by atoms with Crippen molar-refractivity contribution in [1.82, 2.24) is 4.90 Å². The predicted molar refractivity (Wildman–Crippen MR) is 130 cm³/mol. The third-order valence-corrected chi connectivity index (χ3v) is 6.58. The summed E-state index contributed by atoms with van der Waals surface area (Å²) >= 11 is 19.6. The Labute approximate surface area is 208 Å². The lowest BCUT2D eigenvalue weighted by atomic mass is 10.2. The lowest BCUT2D eigenvalue weighted by Gasteiger charge is -2.13. The maximum atomic E-state index is 13.3. The van der Waals surface area contributed by atoms with Crippen LogP contribution in [0.15, 0.2) is 65.6 Å². The average Bonchev–Trinajstić information content (AvgIpc) is 3.03. The molecule has 0 atom stereocenters. The van der Waals surface area contributed by atoms with Crippen molar-refractivity contribution in [2.45, 2.75) is 13.2 Å². The molecule has 0 unspecified atom stereocenters. The minimum Gasteiger partial charge on any atom is -0.486 e. The van der Waals surface area contributed by atoms with E-state index in [9.17, 15) is 14.0 Å². The van der Waals surface area contributed by atoms with E-state index in [-0.39, 0.29) is 26.5 Å². The van der Waals surface area contributed by atoms with Crippen LogP contribution in [0, 0.1) is 5.82 Å². The largest absolute Gasteiger partial charge is 0.486 e. The number of hydrogen-bond donors (Lipinski definition) is 0. The first-order valence-electron chi connectivity index (χ1n) is 9.67. The molecule has 4 nitrogen and oxygen atoms in total. The molecule has 0 aromatic heterocycles. The Morgan fingerprint density at radius 3 is 2.30 bits per heavy atom. The van der Waals surface area contributed by atoms with Gasteiger partial charge >= 0.3 is 0 Å². The molecule has 1 fully saturated rings. The minimum atomic E-state index is -0.497. The van der Waals surface area contributed by atoms with Crippen LogP contribution in [0.4, 0.5) is 9.18 Å². The summed E-state index contributed by atoms with van der Waals surface area (Å²) in [5.74, 6) is -0.650. The quantitative estimate of drug-likeness (QED) is 0.313. The van der Waals surface area contributed by atoms with Crippen LogP contribution in [0.3, 0.4) is 0 Å². The second-order valence-corrected chi connectivity index (χ2v) is 9.31. The maximum absolute atomic E-state index is 13.3. The van der Waals surface area contributed by atoms with Crippen molar-refractivity contribution in [3.05, 3.63) is 103 Å². The molecule has 3 aromatic rings. The lowest BCUT2D eigenvalue weighted by Crippen LogP contribution is -2.27. The van der Waals surface area contributed by atoms with E-state index in [4.69, 9.17) is 39.5 Å². The van der Waals surface area contributed by atoms with E-state index >= 15 is 0 Å². The summed E-state index contributed by atoms with van der Waals surface area (Å²) < 4.78 is 19.0. The Morgan fingerprint density at radius 2 is 1.64 bits per heavy atom. The minimum absolute atomic E-state index is 0.0606.